The minimum Gasteiger partial charge on any atom is -0.508 e. The molecule has 10 heteroatoms. The van der Waals surface area contributed by atoms with Gasteiger partial charge in [0.2, 0.25) is 17.7 Å². The molecule has 0 aliphatic carbocycles. The number of rotatable bonds is 8. The summed E-state index contributed by atoms with van der Waals surface area (Å²) in [5.41, 5.74) is 3.25. The Morgan fingerprint density at radius 1 is 0.878 bits per heavy atom. The Bertz CT molecular complexity index is 1680. The van der Waals surface area contributed by atoms with Crippen LogP contribution >= 0.6 is 0 Å². The summed E-state index contributed by atoms with van der Waals surface area (Å²) in [6.07, 6.45) is 0.703. The van der Waals surface area contributed by atoms with Gasteiger partial charge in [-0.1, -0.05) is 84.9 Å². The van der Waals surface area contributed by atoms with Crippen molar-refractivity contribution in [2.75, 3.05) is 26.7 Å². The van der Waals surface area contributed by atoms with Crippen molar-refractivity contribution >= 4 is 23.6 Å². The minimum absolute atomic E-state index is 0.00316. The zero-order chi connectivity index (χ0) is 34.6. The third-order valence-electron chi connectivity index (χ3n) is 8.62. The molecular weight excluding hydrogens is 620 g/mol. The van der Waals surface area contributed by atoms with E-state index in [1.165, 1.54) is 17.0 Å². The average Bonchev–Trinajstić information content (AvgIpc) is 3.12. The lowest BCUT2D eigenvalue weighted by molar-refractivity contribution is -0.135. The van der Waals surface area contributed by atoms with Crippen LogP contribution in [0, 0.1) is 0 Å². The molecule has 254 valence electrons. The van der Waals surface area contributed by atoms with E-state index in [1.807, 2.05) is 36.4 Å². The van der Waals surface area contributed by atoms with Crippen molar-refractivity contribution in [1.29, 1.82) is 0 Å². The van der Waals surface area contributed by atoms with Crippen molar-refractivity contribution < 1.29 is 29.0 Å². The number of para-hydroxylation sites is 1. The summed E-state index contributed by atoms with van der Waals surface area (Å²) >= 11 is 0. The molecule has 1 aliphatic heterocycles. The average molecular weight is 663 g/mol. The van der Waals surface area contributed by atoms with Crippen LogP contribution in [0.15, 0.2) is 109 Å². The molecule has 49 heavy (non-hydrogen) atoms. The summed E-state index contributed by atoms with van der Waals surface area (Å²) in [6, 6.07) is 31.4. The molecule has 1 heterocycles. The van der Waals surface area contributed by atoms with Crippen LogP contribution < -0.4 is 20.7 Å². The highest BCUT2D eigenvalue weighted by molar-refractivity contribution is 5.99. The van der Waals surface area contributed by atoms with E-state index in [0.29, 0.717) is 18.7 Å². The van der Waals surface area contributed by atoms with Crippen LogP contribution in [0.3, 0.4) is 0 Å². The molecule has 4 N–H and O–H groups in total. The van der Waals surface area contributed by atoms with E-state index in [0.717, 1.165) is 16.7 Å². The van der Waals surface area contributed by atoms with Crippen molar-refractivity contribution in [1.82, 2.24) is 20.9 Å². The maximum atomic E-state index is 13.7. The fourth-order valence-electron chi connectivity index (χ4n) is 5.92. The molecule has 4 amide bonds. The highest BCUT2D eigenvalue weighted by atomic mass is 16.5. The maximum Gasteiger partial charge on any atom is 0.255 e. The fraction of sp³-hybridized carbons (Fsp3) is 0.282. The number of ether oxygens (including phenoxy) is 1. The molecule has 0 bridgehead atoms. The Labute approximate surface area is 286 Å². The summed E-state index contributed by atoms with van der Waals surface area (Å²) in [7, 11) is 1.62. The molecule has 5 rings (SSSR count). The Morgan fingerprint density at radius 2 is 1.51 bits per heavy atom. The Morgan fingerprint density at radius 3 is 2.18 bits per heavy atom. The first kappa shape index (κ1) is 34.7. The standard InChI is InChI=1S/C39H42N4O6/c1-43-24-25-49-35-15-9-8-14-32(35)37(46)42-33(20-21-36(45)41-34(39(43)48)26-27-16-18-30(44)19-17-27)38(47)40-23-22-31(28-10-4-2-5-11-28)29-12-6-3-7-13-29/h2-19,31,33-34,44H,20-26H2,1H3,(H,40,47)(H,41,45)(H,42,46)/t33-,34-/m0/s1. The van der Waals surface area contributed by atoms with Gasteiger partial charge in [0, 0.05) is 32.4 Å². The smallest absolute Gasteiger partial charge is 0.255 e. The van der Waals surface area contributed by atoms with Crippen molar-refractivity contribution in [3.8, 4) is 11.5 Å². The van der Waals surface area contributed by atoms with Gasteiger partial charge in [0.1, 0.15) is 30.2 Å². The number of hydrogen-bond acceptors (Lipinski definition) is 6. The van der Waals surface area contributed by atoms with E-state index >= 15 is 0 Å². The molecule has 0 saturated carbocycles. The second-order valence-electron chi connectivity index (χ2n) is 12.1. The van der Waals surface area contributed by atoms with E-state index in [1.54, 1.807) is 43.4 Å². The summed E-state index contributed by atoms with van der Waals surface area (Å²) < 4.78 is 5.94. The first-order valence-electron chi connectivity index (χ1n) is 16.5. The molecule has 0 saturated heterocycles. The van der Waals surface area contributed by atoms with Gasteiger partial charge in [0.05, 0.1) is 12.1 Å². The molecular formula is C39H42N4O6. The molecule has 2 atom stereocenters. The zero-order valence-corrected chi connectivity index (χ0v) is 27.5. The first-order valence-corrected chi connectivity index (χ1v) is 16.5. The largest absolute Gasteiger partial charge is 0.508 e. The first-order chi connectivity index (χ1) is 23.8. The lowest BCUT2D eigenvalue weighted by Gasteiger charge is -2.25. The van der Waals surface area contributed by atoms with E-state index in [9.17, 15) is 24.3 Å². The minimum atomic E-state index is -1.03. The van der Waals surface area contributed by atoms with Gasteiger partial charge in [-0.15, -0.1) is 0 Å². The Kier molecular flexibility index (Phi) is 12.0. The lowest BCUT2D eigenvalue weighted by Crippen LogP contribution is -2.50. The van der Waals surface area contributed by atoms with E-state index < -0.39 is 29.8 Å². The van der Waals surface area contributed by atoms with Gasteiger partial charge >= 0.3 is 0 Å². The van der Waals surface area contributed by atoms with Crippen LogP contribution in [-0.2, 0) is 20.8 Å². The van der Waals surface area contributed by atoms with Crippen LogP contribution in [0.2, 0.25) is 0 Å². The third-order valence-corrected chi connectivity index (χ3v) is 8.62. The Balaban J connectivity index is 1.34. The molecule has 10 nitrogen and oxygen atoms in total. The normalized spacial score (nSPS) is 17.5. The predicted molar refractivity (Wildman–Crippen MR) is 186 cm³/mol. The van der Waals surface area contributed by atoms with Crippen LogP contribution in [0.25, 0.3) is 0 Å². The predicted octanol–water partition coefficient (Wildman–Crippen LogP) is 4.19. The zero-order valence-electron chi connectivity index (χ0n) is 27.5. The number of nitrogens with one attached hydrogen (secondary N) is 3. The number of aromatic hydroxyl groups is 1. The van der Waals surface area contributed by atoms with Gasteiger partial charge in [-0.25, -0.2) is 0 Å². The number of benzene rings is 4. The van der Waals surface area contributed by atoms with Gasteiger partial charge < -0.3 is 30.7 Å². The highest BCUT2D eigenvalue weighted by Gasteiger charge is 2.28. The van der Waals surface area contributed by atoms with Crippen molar-refractivity contribution in [3.63, 3.8) is 0 Å². The molecule has 0 radical (unpaired) electrons. The summed E-state index contributed by atoms with van der Waals surface area (Å²) in [4.78, 5) is 55.5. The SMILES string of the molecule is CN1CCOc2ccccc2C(=O)N[C@H](C(=O)NCCC(c2ccccc2)c2ccccc2)CCC(=O)N[C@@H](Cc2ccc(O)cc2)C1=O. The van der Waals surface area contributed by atoms with E-state index in [2.05, 4.69) is 40.2 Å². The molecule has 0 spiro atoms. The number of likely N-dealkylation sites (N-methyl/N-ethyl adjacent to an activating group) is 1. The number of amides is 4. The van der Waals surface area contributed by atoms with Crippen molar-refractivity contribution in [3.05, 3.63) is 131 Å². The topological polar surface area (TPSA) is 137 Å². The molecule has 0 unspecified atom stereocenters. The number of hydrogen-bond donors (Lipinski definition) is 4. The number of carbonyl (C=O) groups excluding carboxylic acids is 4. The summed E-state index contributed by atoms with van der Waals surface area (Å²) in [6.45, 7) is 0.635. The van der Waals surface area contributed by atoms with Gasteiger partial charge in [-0.3, -0.25) is 19.2 Å². The number of nitrogens with zero attached hydrogens (tertiary/aromatic N) is 1. The highest BCUT2D eigenvalue weighted by Crippen LogP contribution is 2.27. The van der Waals surface area contributed by atoms with Crippen molar-refractivity contribution in [2.45, 2.75) is 43.7 Å². The number of carbonyl (C=O) groups is 4. The molecule has 0 aromatic heterocycles. The van der Waals surface area contributed by atoms with Crippen LogP contribution in [0.5, 0.6) is 11.5 Å². The third kappa shape index (κ3) is 9.70. The van der Waals surface area contributed by atoms with Crippen LogP contribution in [-0.4, -0.2) is 72.5 Å². The monoisotopic (exact) mass is 662 g/mol. The number of fused-ring (bicyclic) bond motifs is 1. The van der Waals surface area contributed by atoms with Crippen LogP contribution in [0.4, 0.5) is 0 Å². The second-order valence-corrected chi connectivity index (χ2v) is 12.1. The number of phenolic OH excluding ortho intramolecular Hbond substituents is 1. The second kappa shape index (κ2) is 17.0. The van der Waals surface area contributed by atoms with E-state index in [4.69, 9.17) is 4.74 Å². The van der Waals surface area contributed by atoms with Gasteiger partial charge in [-0.2, -0.15) is 0 Å². The molecule has 4 aromatic carbocycles. The van der Waals surface area contributed by atoms with Gasteiger partial charge in [-0.05, 0) is 53.8 Å². The maximum absolute atomic E-state index is 13.7. The van der Waals surface area contributed by atoms with Crippen LogP contribution in [0.1, 0.15) is 52.2 Å². The quantitative estimate of drug-likeness (QED) is 0.224. The lowest BCUT2D eigenvalue weighted by atomic mass is 9.88. The number of phenols is 1. The summed E-state index contributed by atoms with van der Waals surface area (Å²) in [5, 5.41) is 18.3. The molecule has 0 fully saturated rings. The van der Waals surface area contributed by atoms with Gasteiger partial charge in [0.25, 0.3) is 5.91 Å². The van der Waals surface area contributed by atoms with E-state index in [-0.39, 0.29) is 55.6 Å². The Hall–Kier alpha value is -5.64. The fourth-order valence-corrected chi connectivity index (χ4v) is 5.92. The van der Waals surface area contributed by atoms with Gasteiger partial charge in [0.15, 0.2) is 0 Å². The van der Waals surface area contributed by atoms with Crippen molar-refractivity contribution in [2.24, 2.45) is 0 Å². The summed E-state index contributed by atoms with van der Waals surface area (Å²) in [5.74, 6) is -1.22. The molecule has 4 aromatic rings. The molecule has 1 aliphatic rings.